The topological polar surface area (TPSA) is 30.5 Å². The van der Waals surface area contributed by atoms with Gasteiger partial charge in [0.15, 0.2) is 0 Å². The molecule has 3 heteroatoms. The van der Waals surface area contributed by atoms with Gasteiger partial charge in [0.1, 0.15) is 0 Å². The molecule has 2 aliphatic rings. The number of hydrogen-bond donors (Lipinski definition) is 1. The summed E-state index contributed by atoms with van der Waals surface area (Å²) in [6.07, 6.45) is 8.58. The molecule has 0 aromatic rings. The van der Waals surface area contributed by atoms with Crippen LogP contribution in [-0.4, -0.2) is 38.5 Å². The average Bonchev–Trinajstić information content (AvgIpc) is 2.82. The number of rotatable bonds is 7. The van der Waals surface area contributed by atoms with Crippen molar-refractivity contribution in [2.45, 2.75) is 70.6 Å². The minimum Gasteiger partial charge on any atom is -0.377 e. The maximum atomic E-state index is 5.67. The number of nitrogens with one attached hydrogen (secondary N) is 1. The molecule has 0 bridgehead atoms. The van der Waals surface area contributed by atoms with E-state index in [1.807, 2.05) is 0 Å². The number of hydrogen-bond acceptors (Lipinski definition) is 3. The first kappa shape index (κ1) is 14.3. The summed E-state index contributed by atoms with van der Waals surface area (Å²) >= 11 is 0. The minimum absolute atomic E-state index is 0.250. The Bertz CT molecular complexity index is 251. The zero-order valence-corrected chi connectivity index (χ0v) is 12.2. The fourth-order valence-electron chi connectivity index (χ4n) is 3.60. The summed E-state index contributed by atoms with van der Waals surface area (Å²) in [4.78, 5) is 0. The van der Waals surface area contributed by atoms with Crippen LogP contribution in [0, 0.1) is 5.41 Å². The first-order valence-corrected chi connectivity index (χ1v) is 7.62. The SMILES string of the molecule is CCOC1CC(NCC2(CC)CCCC2)C1OC. The van der Waals surface area contributed by atoms with Crippen molar-refractivity contribution in [3.05, 3.63) is 0 Å². The fraction of sp³-hybridized carbons (Fsp3) is 1.00. The predicted octanol–water partition coefficient (Wildman–Crippen LogP) is 2.74. The van der Waals surface area contributed by atoms with Crippen LogP contribution in [0.15, 0.2) is 0 Å². The van der Waals surface area contributed by atoms with Gasteiger partial charge < -0.3 is 14.8 Å². The van der Waals surface area contributed by atoms with E-state index in [4.69, 9.17) is 9.47 Å². The van der Waals surface area contributed by atoms with Gasteiger partial charge in [-0.25, -0.2) is 0 Å². The van der Waals surface area contributed by atoms with E-state index >= 15 is 0 Å². The Hall–Kier alpha value is -0.120. The summed E-state index contributed by atoms with van der Waals surface area (Å²) in [5.41, 5.74) is 0.564. The minimum atomic E-state index is 0.250. The molecule has 2 fully saturated rings. The van der Waals surface area contributed by atoms with Gasteiger partial charge in [-0.3, -0.25) is 0 Å². The zero-order valence-electron chi connectivity index (χ0n) is 12.2. The first-order chi connectivity index (χ1) is 8.74. The third-order valence-corrected chi connectivity index (χ3v) is 5.06. The molecular weight excluding hydrogens is 226 g/mol. The van der Waals surface area contributed by atoms with E-state index in [-0.39, 0.29) is 6.10 Å². The molecule has 2 aliphatic carbocycles. The van der Waals surface area contributed by atoms with Crippen LogP contribution in [0.4, 0.5) is 0 Å². The summed E-state index contributed by atoms with van der Waals surface area (Å²) in [6, 6.07) is 0.496. The Morgan fingerprint density at radius 1 is 1.22 bits per heavy atom. The zero-order chi connectivity index (χ0) is 13.0. The van der Waals surface area contributed by atoms with E-state index in [2.05, 4.69) is 19.2 Å². The fourth-order valence-corrected chi connectivity index (χ4v) is 3.60. The van der Waals surface area contributed by atoms with Crippen molar-refractivity contribution in [3.63, 3.8) is 0 Å². The molecule has 3 unspecified atom stereocenters. The average molecular weight is 255 g/mol. The molecule has 0 aromatic heterocycles. The van der Waals surface area contributed by atoms with E-state index in [9.17, 15) is 0 Å². The molecule has 0 aliphatic heterocycles. The van der Waals surface area contributed by atoms with Crippen molar-refractivity contribution in [1.29, 1.82) is 0 Å². The second kappa shape index (κ2) is 6.36. The van der Waals surface area contributed by atoms with Crippen molar-refractivity contribution in [2.75, 3.05) is 20.3 Å². The summed E-state index contributed by atoms with van der Waals surface area (Å²) in [5, 5.41) is 3.74. The van der Waals surface area contributed by atoms with Gasteiger partial charge in [0.2, 0.25) is 0 Å². The second-order valence-electron chi connectivity index (χ2n) is 5.98. The summed E-state index contributed by atoms with van der Waals surface area (Å²) < 4.78 is 11.2. The largest absolute Gasteiger partial charge is 0.377 e. The van der Waals surface area contributed by atoms with E-state index in [1.165, 1.54) is 32.1 Å². The van der Waals surface area contributed by atoms with E-state index in [0.717, 1.165) is 19.6 Å². The lowest BCUT2D eigenvalue weighted by molar-refractivity contribution is -0.132. The van der Waals surface area contributed by atoms with Gasteiger partial charge in [0.05, 0.1) is 12.2 Å². The Kier molecular flexibility index (Phi) is 5.05. The maximum absolute atomic E-state index is 5.67. The quantitative estimate of drug-likeness (QED) is 0.759. The molecule has 0 amide bonds. The molecule has 1 N–H and O–H groups in total. The van der Waals surface area contributed by atoms with Crippen LogP contribution >= 0.6 is 0 Å². The highest BCUT2D eigenvalue weighted by Gasteiger charge is 2.43. The molecule has 2 saturated carbocycles. The monoisotopic (exact) mass is 255 g/mol. The van der Waals surface area contributed by atoms with Crippen LogP contribution < -0.4 is 5.32 Å². The van der Waals surface area contributed by atoms with Gasteiger partial charge in [-0.05, 0) is 38.0 Å². The van der Waals surface area contributed by atoms with Crippen LogP contribution in [-0.2, 0) is 9.47 Å². The summed E-state index contributed by atoms with van der Waals surface area (Å²) in [5.74, 6) is 0. The molecule has 18 heavy (non-hydrogen) atoms. The highest BCUT2D eigenvalue weighted by Crippen LogP contribution is 2.41. The second-order valence-corrected chi connectivity index (χ2v) is 5.98. The third-order valence-electron chi connectivity index (χ3n) is 5.06. The van der Waals surface area contributed by atoms with Gasteiger partial charge in [0, 0.05) is 26.3 Å². The van der Waals surface area contributed by atoms with Crippen molar-refractivity contribution >= 4 is 0 Å². The predicted molar refractivity (Wildman–Crippen MR) is 73.8 cm³/mol. The van der Waals surface area contributed by atoms with Crippen molar-refractivity contribution < 1.29 is 9.47 Å². The van der Waals surface area contributed by atoms with Crippen LogP contribution in [0.5, 0.6) is 0 Å². The molecule has 0 heterocycles. The van der Waals surface area contributed by atoms with E-state index in [1.54, 1.807) is 7.11 Å². The molecule has 0 radical (unpaired) electrons. The molecule has 106 valence electrons. The molecule has 3 nitrogen and oxygen atoms in total. The summed E-state index contributed by atoms with van der Waals surface area (Å²) in [6.45, 7) is 6.34. The van der Waals surface area contributed by atoms with E-state index in [0.29, 0.717) is 17.6 Å². The van der Waals surface area contributed by atoms with Crippen molar-refractivity contribution in [1.82, 2.24) is 5.32 Å². The highest BCUT2D eigenvalue weighted by molar-refractivity contribution is 4.98. The van der Waals surface area contributed by atoms with Crippen molar-refractivity contribution in [3.8, 4) is 0 Å². The molecule has 0 spiro atoms. The Labute approximate surface area is 112 Å². The van der Waals surface area contributed by atoms with Gasteiger partial charge in [-0.1, -0.05) is 19.8 Å². The normalized spacial score (nSPS) is 34.5. The Morgan fingerprint density at radius 3 is 2.50 bits per heavy atom. The van der Waals surface area contributed by atoms with Crippen LogP contribution in [0.25, 0.3) is 0 Å². The van der Waals surface area contributed by atoms with Gasteiger partial charge >= 0.3 is 0 Å². The highest BCUT2D eigenvalue weighted by atomic mass is 16.5. The number of methoxy groups -OCH3 is 1. The van der Waals surface area contributed by atoms with Crippen LogP contribution in [0.2, 0.25) is 0 Å². The molecule has 2 rings (SSSR count). The Morgan fingerprint density at radius 2 is 1.94 bits per heavy atom. The lowest BCUT2D eigenvalue weighted by Gasteiger charge is -2.45. The molecule has 3 atom stereocenters. The maximum Gasteiger partial charge on any atom is 0.0986 e. The van der Waals surface area contributed by atoms with Gasteiger partial charge in [-0.15, -0.1) is 0 Å². The number of ether oxygens (including phenoxy) is 2. The third kappa shape index (κ3) is 2.89. The molecule has 0 saturated heterocycles. The lowest BCUT2D eigenvalue weighted by atomic mass is 9.80. The lowest BCUT2D eigenvalue weighted by Crippen LogP contribution is -2.61. The van der Waals surface area contributed by atoms with Gasteiger partial charge in [-0.2, -0.15) is 0 Å². The summed E-state index contributed by atoms with van der Waals surface area (Å²) in [7, 11) is 1.80. The standard InChI is InChI=1S/C15H29NO2/c1-4-15(8-6-7-9-15)11-16-12-10-13(18-5-2)14(12)17-3/h12-14,16H,4-11H2,1-3H3. The van der Waals surface area contributed by atoms with Gasteiger partial charge in [0.25, 0.3) is 0 Å². The van der Waals surface area contributed by atoms with Crippen LogP contribution in [0.3, 0.4) is 0 Å². The van der Waals surface area contributed by atoms with E-state index < -0.39 is 0 Å². The molecular formula is C15H29NO2. The van der Waals surface area contributed by atoms with Crippen LogP contribution in [0.1, 0.15) is 52.4 Å². The first-order valence-electron chi connectivity index (χ1n) is 7.62. The molecule has 0 aromatic carbocycles. The van der Waals surface area contributed by atoms with Crippen molar-refractivity contribution in [2.24, 2.45) is 5.41 Å². The smallest absolute Gasteiger partial charge is 0.0986 e. The Balaban J connectivity index is 1.77.